The van der Waals surface area contributed by atoms with Crippen LogP contribution in [0, 0.1) is 19.8 Å². The smallest absolute Gasteiger partial charge is 0.0380 e. The summed E-state index contributed by atoms with van der Waals surface area (Å²) >= 11 is 0. The van der Waals surface area contributed by atoms with E-state index in [1.807, 2.05) is 0 Å². The number of fused-ring (bicyclic) bond motifs is 1. The van der Waals surface area contributed by atoms with Gasteiger partial charge in [-0.15, -0.1) is 0 Å². The summed E-state index contributed by atoms with van der Waals surface area (Å²) in [5.41, 5.74) is 5.71. The Kier molecular flexibility index (Phi) is 2.72. The van der Waals surface area contributed by atoms with Gasteiger partial charge in [0.25, 0.3) is 0 Å². The highest BCUT2D eigenvalue weighted by atomic mass is 14.9. The van der Waals surface area contributed by atoms with Gasteiger partial charge in [0, 0.05) is 11.7 Å². The summed E-state index contributed by atoms with van der Waals surface area (Å²) in [7, 11) is 0. The van der Waals surface area contributed by atoms with Crippen LogP contribution < -0.4 is 5.32 Å². The van der Waals surface area contributed by atoms with Crippen molar-refractivity contribution in [3.8, 4) is 0 Å². The van der Waals surface area contributed by atoms with E-state index < -0.39 is 0 Å². The SMILES string of the molecule is Cc1cc(C)c2c(c1)NC(C(C)C)CC2. The van der Waals surface area contributed by atoms with Crippen LogP contribution in [0.25, 0.3) is 0 Å². The monoisotopic (exact) mass is 203 g/mol. The van der Waals surface area contributed by atoms with Crippen molar-refractivity contribution in [2.75, 3.05) is 5.32 Å². The fraction of sp³-hybridized carbons (Fsp3) is 0.571. The molecular weight excluding hydrogens is 182 g/mol. The van der Waals surface area contributed by atoms with Gasteiger partial charge in [-0.25, -0.2) is 0 Å². The molecule has 0 bridgehead atoms. The Hall–Kier alpha value is -0.980. The third-order valence-electron chi connectivity index (χ3n) is 3.47. The minimum absolute atomic E-state index is 0.652. The van der Waals surface area contributed by atoms with Gasteiger partial charge in [0.2, 0.25) is 0 Å². The molecule has 1 N–H and O–H groups in total. The molecule has 82 valence electrons. The molecule has 0 aromatic heterocycles. The van der Waals surface area contributed by atoms with Crippen LogP contribution in [0.3, 0.4) is 0 Å². The van der Waals surface area contributed by atoms with Crippen molar-refractivity contribution < 1.29 is 0 Å². The first-order chi connectivity index (χ1) is 7.08. The first-order valence-electron chi connectivity index (χ1n) is 5.94. The number of aryl methyl sites for hydroxylation is 2. The van der Waals surface area contributed by atoms with Crippen molar-refractivity contribution in [3.05, 3.63) is 28.8 Å². The van der Waals surface area contributed by atoms with E-state index in [0.717, 1.165) is 5.92 Å². The predicted molar refractivity (Wildman–Crippen MR) is 66.5 cm³/mol. The molecule has 2 rings (SSSR count). The van der Waals surface area contributed by atoms with Crippen molar-refractivity contribution in [2.24, 2.45) is 5.92 Å². The zero-order valence-electron chi connectivity index (χ0n) is 10.2. The van der Waals surface area contributed by atoms with Gasteiger partial charge in [0.1, 0.15) is 0 Å². The van der Waals surface area contributed by atoms with Gasteiger partial charge in [0.15, 0.2) is 0 Å². The molecule has 0 saturated heterocycles. The molecule has 0 fully saturated rings. The summed E-state index contributed by atoms with van der Waals surface area (Å²) in [6, 6.07) is 5.23. The Labute approximate surface area is 92.9 Å². The third-order valence-corrected chi connectivity index (χ3v) is 3.47. The number of hydrogen-bond acceptors (Lipinski definition) is 1. The van der Waals surface area contributed by atoms with Gasteiger partial charge in [-0.05, 0) is 55.4 Å². The standard InChI is InChI=1S/C14H21N/c1-9(2)13-6-5-12-11(4)7-10(3)8-14(12)15-13/h7-9,13,15H,5-6H2,1-4H3. The minimum Gasteiger partial charge on any atom is -0.382 e. The summed E-state index contributed by atoms with van der Waals surface area (Å²) in [5.74, 6) is 0.721. The molecule has 1 heterocycles. The average Bonchev–Trinajstić information content (AvgIpc) is 2.16. The first kappa shape index (κ1) is 10.5. The van der Waals surface area contributed by atoms with Crippen LogP contribution in [0.4, 0.5) is 5.69 Å². The van der Waals surface area contributed by atoms with Crippen molar-refractivity contribution in [1.82, 2.24) is 0 Å². The first-order valence-corrected chi connectivity index (χ1v) is 5.94. The molecule has 0 aliphatic carbocycles. The summed E-state index contributed by atoms with van der Waals surface area (Å²) < 4.78 is 0. The zero-order valence-corrected chi connectivity index (χ0v) is 10.2. The van der Waals surface area contributed by atoms with Crippen LogP contribution in [0.5, 0.6) is 0 Å². The maximum absolute atomic E-state index is 3.68. The molecule has 1 atom stereocenters. The predicted octanol–water partition coefficient (Wildman–Crippen LogP) is 3.69. The summed E-state index contributed by atoms with van der Waals surface area (Å²) in [4.78, 5) is 0. The normalized spacial score (nSPS) is 19.9. The van der Waals surface area contributed by atoms with Gasteiger partial charge in [-0.1, -0.05) is 19.9 Å². The number of anilines is 1. The lowest BCUT2D eigenvalue weighted by molar-refractivity contribution is 0.482. The molecule has 1 nitrogen and oxygen atoms in total. The van der Waals surface area contributed by atoms with Crippen LogP contribution in [-0.4, -0.2) is 6.04 Å². The Balaban J connectivity index is 2.33. The number of benzene rings is 1. The quantitative estimate of drug-likeness (QED) is 0.734. The van der Waals surface area contributed by atoms with Gasteiger partial charge in [0.05, 0.1) is 0 Å². The highest BCUT2D eigenvalue weighted by Crippen LogP contribution is 2.30. The second-order valence-electron chi connectivity index (χ2n) is 5.14. The lowest BCUT2D eigenvalue weighted by Gasteiger charge is -2.31. The van der Waals surface area contributed by atoms with Gasteiger partial charge >= 0.3 is 0 Å². The Morgan fingerprint density at radius 1 is 1.27 bits per heavy atom. The maximum atomic E-state index is 3.68. The number of hydrogen-bond donors (Lipinski definition) is 1. The van der Waals surface area contributed by atoms with E-state index in [9.17, 15) is 0 Å². The van der Waals surface area contributed by atoms with Crippen molar-refractivity contribution in [1.29, 1.82) is 0 Å². The van der Waals surface area contributed by atoms with E-state index in [-0.39, 0.29) is 0 Å². The average molecular weight is 203 g/mol. The molecule has 0 spiro atoms. The van der Waals surface area contributed by atoms with Crippen molar-refractivity contribution in [3.63, 3.8) is 0 Å². The molecule has 1 aliphatic rings. The second kappa shape index (κ2) is 3.88. The summed E-state index contributed by atoms with van der Waals surface area (Å²) in [5, 5.41) is 3.68. The highest BCUT2D eigenvalue weighted by Gasteiger charge is 2.21. The Bertz CT molecular complexity index is 366. The van der Waals surface area contributed by atoms with Crippen LogP contribution in [-0.2, 0) is 6.42 Å². The van der Waals surface area contributed by atoms with E-state index in [2.05, 4.69) is 45.1 Å². The highest BCUT2D eigenvalue weighted by molar-refractivity contribution is 5.58. The van der Waals surface area contributed by atoms with Gasteiger partial charge < -0.3 is 5.32 Å². The van der Waals surface area contributed by atoms with E-state index in [0.29, 0.717) is 6.04 Å². The van der Waals surface area contributed by atoms with Crippen LogP contribution in [0.2, 0.25) is 0 Å². The van der Waals surface area contributed by atoms with Crippen molar-refractivity contribution in [2.45, 2.75) is 46.6 Å². The molecule has 1 heteroatoms. The van der Waals surface area contributed by atoms with Crippen LogP contribution in [0.1, 0.15) is 37.0 Å². The maximum Gasteiger partial charge on any atom is 0.0380 e. The van der Waals surface area contributed by atoms with Gasteiger partial charge in [-0.3, -0.25) is 0 Å². The Morgan fingerprint density at radius 3 is 2.67 bits per heavy atom. The zero-order chi connectivity index (χ0) is 11.0. The molecule has 1 aromatic rings. The fourth-order valence-corrected chi connectivity index (χ4v) is 2.53. The lowest BCUT2D eigenvalue weighted by Crippen LogP contribution is -2.30. The Morgan fingerprint density at radius 2 is 2.00 bits per heavy atom. The molecular formula is C14H21N. The van der Waals surface area contributed by atoms with E-state index in [1.165, 1.54) is 35.2 Å². The molecule has 1 aromatic carbocycles. The third kappa shape index (κ3) is 2.01. The second-order valence-corrected chi connectivity index (χ2v) is 5.14. The molecule has 0 saturated carbocycles. The minimum atomic E-state index is 0.652. The molecule has 1 unspecified atom stereocenters. The molecule has 0 amide bonds. The summed E-state index contributed by atoms with van der Waals surface area (Å²) in [6.45, 7) is 8.99. The van der Waals surface area contributed by atoms with E-state index in [1.54, 1.807) is 0 Å². The topological polar surface area (TPSA) is 12.0 Å². The molecule has 0 radical (unpaired) electrons. The van der Waals surface area contributed by atoms with E-state index >= 15 is 0 Å². The van der Waals surface area contributed by atoms with E-state index in [4.69, 9.17) is 0 Å². The number of nitrogens with one attached hydrogen (secondary N) is 1. The summed E-state index contributed by atoms with van der Waals surface area (Å²) in [6.07, 6.45) is 2.51. The molecule has 1 aliphatic heterocycles. The van der Waals surface area contributed by atoms with Crippen molar-refractivity contribution >= 4 is 5.69 Å². The largest absolute Gasteiger partial charge is 0.382 e. The lowest BCUT2D eigenvalue weighted by atomic mass is 9.89. The van der Waals surface area contributed by atoms with Crippen LogP contribution in [0.15, 0.2) is 12.1 Å². The fourth-order valence-electron chi connectivity index (χ4n) is 2.53. The van der Waals surface area contributed by atoms with Crippen LogP contribution >= 0.6 is 0 Å². The molecule has 15 heavy (non-hydrogen) atoms. The number of rotatable bonds is 1. The van der Waals surface area contributed by atoms with Gasteiger partial charge in [-0.2, -0.15) is 0 Å².